The van der Waals surface area contributed by atoms with Gasteiger partial charge < -0.3 is 5.11 Å². The predicted octanol–water partition coefficient (Wildman–Crippen LogP) is 6.37. The fourth-order valence-corrected chi connectivity index (χ4v) is 4.90. The number of hydrogen-bond donors (Lipinski definition) is 1. The number of nitrogens with zero attached hydrogens (tertiary/aromatic N) is 2. The van der Waals surface area contributed by atoms with Crippen LogP contribution in [0.5, 0.6) is 0 Å². The predicted molar refractivity (Wildman–Crippen MR) is 136 cm³/mol. The van der Waals surface area contributed by atoms with Crippen molar-refractivity contribution in [2.75, 3.05) is 0 Å². The Kier molecular flexibility index (Phi) is 5.46. The Bertz CT molecular complexity index is 1540. The SMILES string of the molecule is CC(=O)N1N=C(c2ccccc2)C[C@H]1c1ccc2ccc3cccc4ccc1c2c34.CC(=O)O. The molecule has 0 unspecified atom stereocenters. The van der Waals surface area contributed by atoms with Gasteiger partial charge >= 0.3 is 0 Å². The van der Waals surface area contributed by atoms with E-state index in [0.717, 1.165) is 23.8 Å². The Morgan fingerprint density at radius 1 is 0.794 bits per heavy atom. The summed E-state index contributed by atoms with van der Waals surface area (Å²) in [5.74, 6) is -0.864. The van der Waals surface area contributed by atoms with E-state index in [4.69, 9.17) is 15.0 Å². The molecule has 5 nitrogen and oxygen atoms in total. The van der Waals surface area contributed by atoms with Crippen LogP contribution in [0, 0.1) is 0 Å². The monoisotopic (exact) mass is 448 g/mol. The lowest BCUT2D eigenvalue weighted by atomic mass is 9.88. The van der Waals surface area contributed by atoms with Gasteiger partial charge in [0.25, 0.3) is 5.97 Å². The molecule has 6 rings (SSSR count). The van der Waals surface area contributed by atoms with E-state index in [1.807, 2.05) is 18.2 Å². The second-order valence-electron chi connectivity index (χ2n) is 8.53. The minimum atomic E-state index is -0.833. The van der Waals surface area contributed by atoms with E-state index in [2.05, 4.69) is 66.7 Å². The van der Waals surface area contributed by atoms with Crippen LogP contribution in [0.4, 0.5) is 0 Å². The van der Waals surface area contributed by atoms with Crippen LogP contribution < -0.4 is 0 Å². The summed E-state index contributed by atoms with van der Waals surface area (Å²) in [7, 11) is 0. The van der Waals surface area contributed by atoms with Crippen molar-refractivity contribution < 1.29 is 14.7 Å². The summed E-state index contributed by atoms with van der Waals surface area (Å²) in [6.45, 7) is 2.68. The summed E-state index contributed by atoms with van der Waals surface area (Å²) in [6.07, 6.45) is 0.716. The molecule has 0 fully saturated rings. The lowest BCUT2D eigenvalue weighted by molar-refractivity contribution is -0.134. The van der Waals surface area contributed by atoms with Crippen molar-refractivity contribution in [3.63, 3.8) is 0 Å². The molecule has 5 heteroatoms. The van der Waals surface area contributed by atoms with Gasteiger partial charge in [0.2, 0.25) is 5.91 Å². The van der Waals surface area contributed by atoms with Crippen LogP contribution in [-0.2, 0) is 9.59 Å². The smallest absolute Gasteiger partial charge is 0.300 e. The third-order valence-electron chi connectivity index (χ3n) is 6.26. The molecular formula is C29H24N2O3. The molecular weight excluding hydrogens is 424 g/mol. The Morgan fingerprint density at radius 2 is 1.38 bits per heavy atom. The van der Waals surface area contributed by atoms with Gasteiger partial charge in [0, 0.05) is 20.3 Å². The largest absolute Gasteiger partial charge is 0.481 e. The van der Waals surface area contributed by atoms with Crippen LogP contribution in [0.1, 0.15) is 37.4 Å². The van der Waals surface area contributed by atoms with E-state index in [1.54, 1.807) is 11.9 Å². The first-order chi connectivity index (χ1) is 16.4. The molecule has 0 aliphatic carbocycles. The number of benzene rings is 5. The van der Waals surface area contributed by atoms with Crippen molar-refractivity contribution in [2.24, 2.45) is 5.10 Å². The van der Waals surface area contributed by atoms with E-state index in [0.29, 0.717) is 6.42 Å². The highest BCUT2D eigenvalue weighted by Gasteiger charge is 2.32. The fourth-order valence-electron chi connectivity index (χ4n) is 4.90. The fraction of sp³-hybridized carbons (Fsp3) is 0.138. The van der Waals surface area contributed by atoms with Crippen molar-refractivity contribution in [3.05, 3.63) is 96.1 Å². The third-order valence-corrected chi connectivity index (χ3v) is 6.26. The molecule has 0 spiro atoms. The number of hydrogen-bond acceptors (Lipinski definition) is 3. The number of carboxylic acids is 1. The number of hydrazone groups is 1. The topological polar surface area (TPSA) is 70.0 Å². The van der Waals surface area contributed by atoms with E-state index in [1.165, 1.54) is 32.3 Å². The maximum Gasteiger partial charge on any atom is 0.300 e. The molecule has 5 aromatic carbocycles. The lowest BCUT2D eigenvalue weighted by Crippen LogP contribution is -2.24. The number of carboxylic acid groups (broad SMARTS) is 1. The number of rotatable bonds is 2. The molecule has 34 heavy (non-hydrogen) atoms. The van der Waals surface area contributed by atoms with Crippen molar-refractivity contribution in [2.45, 2.75) is 26.3 Å². The van der Waals surface area contributed by atoms with Crippen molar-refractivity contribution in [3.8, 4) is 0 Å². The second-order valence-corrected chi connectivity index (χ2v) is 8.53. The van der Waals surface area contributed by atoms with Crippen LogP contribution in [-0.4, -0.2) is 27.7 Å². The minimum absolute atomic E-state index is 0.0309. The molecule has 1 N–H and O–H groups in total. The summed E-state index contributed by atoms with van der Waals surface area (Å²) >= 11 is 0. The zero-order valence-corrected chi connectivity index (χ0v) is 19.0. The summed E-state index contributed by atoms with van der Waals surface area (Å²) in [4.78, 5) is 21.5. The molecule has 168 valence electrons. The Hall–Kier alpha value is -4.25. The highest BCUT2D eigenvalue weighted by Crippen LogP contribution is 2.41. The Balaban J connectivity index is 0.000000560. The first-order valence-electron chi connectivity index (χ1n) is 11.2. The van der Waals surface area contributed by atoms with E-state index in [-0.39, 0.29) is 11.9 Å². The Labute approximate surface area is 197 Å². The molecule has 0 saturated heterocycles. The van der Waals surface area contributed by atoms with Crippen LogP contribution in [0.3, 0.4) is 0 Å². The first kappa shape index (κ1) is 21.6. The van der Waals surface area contributed by atoms with Crippen LogP contribution in [0.25, 0.3) is 32.3 Å². The molecule has 0 saturated carbocycles. The second kappa shape index (κ2) is 8.60. The summed E-state index contributed by atoms with van der Waals surface area (Å²) in [5.41, 5.74) is 3.19. The number of amides is 1. The zero-order chi connectivity index (χ0) is 23.8. The standard InChI is InChI=1S/C27H20N2O.C2H4O2/c1-17(30)29-25(16-24(28-29)18-6-3-2-4-7-18)22-14-12-21-11-10-19-8-5-9-20-13-15-23(22)27(21)26(19)20;1-2(3)4/h2-15,25H,16H2,1H3;1H3,(H,3,4)/t25-;/m0./s1. The van der Waals surface area contributed by atoms with E-state index in [9.17, 15) is 4.79 Å². The average Bonchev–Trinajstić information content (AvgIpc) is 3.28. The third kappa shape index (κ3) is 3.75. The highest BCUT2D eigenvalue weighted by atomic mass is 16.4. The molecule has 1 heterocycles. The van der Waals surface area contributed by atoms with Crippen LogP contribution in [0.2, 0.25) is 0 Å². The zero-order valence-electron chi connectivity index (χ0n) is 19.0. The van der Waals surface area contributed by atoms with Crippen molar-refractivity contribution >= 4 is 49.9 Å². The maximum absolute atomic E-state index is 12.5. The summed E-state index contributed by atoms with van der Waals surface area (Å²) in [6, 6.07) is 29.6. The molecule has 1 atom stereocenters. The summed E-state index contributed by atoms with van der Waals surface area (Å²) < 4.78 is 0. The normalized spacial score (nSPS) is 15.4. The lowest BCUT2D eigenvalue weighted by Gasteiger charge is -2.23. The summed E-state index contributed by atoms with van der Waals surface area (Å²) in [5, 5.41) is 21.3. The quantitative estimate of drug-likeness (QED) is 0.319. The molecule has 0 bridgehead atoms. The Morgan fingerprint density at radius 3 is 2.03 bits per heavy atom. The average molecular weight is 449 g/mol. The van der Waals surface area contributed by atoms with Gasteiger partial charge in [-0.05, 0) is 43.4 Å². The maximum atomic E-state index is 12.5. The number of carbonyl (C=O) groups excluding carboxylic acids is 1. The van der Waals surface area contributed by atoms with Gasteiger partial charge in [-0.1, -0.05) is 84.9 Å². The molecule has 1 amide bonds. The van der Waals surface area contributed by atoms with E-state index >= 15 is 0 Å². The molecule has 0 radical (unpaired) electrons. The van der Waals surface area contributed by atoms with Gasteiger partial charge in [-0.2, -0.15) is 5.10 Å². The van der Waals surface area contributed by atoms with Gasteiger partial charge in [-0.25, -0.2) is 5.01 Å². The molecule has 5 aromatic rings. The number of carbonyl (C=O) groups is 2. The van der Waals surface area contributed by atoms with Gasteiger partial charge in [0.05, 0.1) is 11.8 Å². The van der Waals surface area contributed by atoms with E-state index < -0.39 is 5.97 Å². The van der Waals surface area contributed by atoms with Crippen molar-refractivity contribution in [1.29, 1.82) is 0 Å². The van der Waals surface area contributed by atoms with Gasteiger partial charge in [-0.15, -0.1) is 0 Å². The molecule has 1 aliphatic rings. The molecule has 0 aromatic heterocycles. The highest BCUT2D eigenvalue weighted by molar-refractivity contribution is 6.23. The first-order valence-corrected chi connectivity index (χ1v) is 11.2. The van der Waals surface area contributed by atoms with Gasteiger partial charge in [-0.3, -0.25) is 9.59 Å². The van der Waals surface area contributed by atoms with Gasteiger partial charge in [0.15, 0.2) is 0 Å². The van der Waals surface area contributed by atoms with Crippen LogP contribution in [0.15, 0.2) is 90.0 Å². The number of aliphatic carboxylic acids is 1. The van der Waals surface area contributed by atoms with Crippen molar-refractivity contribution in [1.82, 2.24) is 5.01 Å². The van der Waals surface area contributed by atoms with Crippen LogP contribution >= 0.6 is 0 Å². The molecule has 1 aliphatic heterocycles. The minimum Gasteiger partial charge on any atom is -0.481 e. The van der Waals surface area contributed by atoms with Gasteiger partial charge in [0.1, 0.15) is 0 Å².